The second-order valence-corrected chi connectivity index (χ2v) is 7.10. The molecule has 1 saturated carbocycles. The van der Waals surface area contributed by atoms with Gasteiger partial charge >= 0.3 is 0 Å². The molecule has 3 rings (SSSR count). The van der Waals surface area contributed by atoms with E-state index in [2.05, 4.69) is 10.6 Å². The number of nitrogens with one attached hydrogen (secondary N) is 2. The average molecular weight is 360 g/mol. The van der Waals surface area contributed by atoms with E-state index in [1.165, 1.54) is 19.3 Å². The fourth-order valence-electron chi connectivity index (χ4n) is 3.95. The van der Waals surface area contributed by atoms with E-state index in [0.29, 0.717) is 25.5 Å². The molecule has 2 N–H and O–H groups in total. The van der Waals surface area contributed by atoms with Crippen LogP contribution in [0.1, 0.15) is 44.9 Å². The van der Waals surface area contributed by atoms with Crippen LogP contribution in [0.15, 0.2) is 0 Å². The molecule has 6 nitrogen and oxygen atoms in total. The molecule has 3 fully saturated rings. The Labute approximate surface area is 150 Å². The molecule has 2 atom stereocenters. The Bertz CT molecular complexity index is 423. The van der Waals surface area contributed by atoms with Crippen LogP contribution in [0.3, 0.4) is 0 Å². The smallest absolute Gasteiger partial charge is 0.225 e. The van der Waals surface area contributed by atoms with Crippen LogP contribution < -0.4 is 10.6 Å². The van der Waals surface area contributed by atoms with Gasteiger partial charge in [-0.2, -0.15) is 0 Å². The zero-order valence-electron chi connectivity index (χ0n) is 14.3. The van der Waals surface area contributed by atoms with E-state index in [0.717, 1.165) is 39.0 Å². The minimum atomic E-state index is 0. The number of rotatable bonds is 4. The van der Waals surface area contributed by atoms with Gasteiger partial charge in [-0.15, -0.1) is 12.4 Å². The molecule has 2 amide bonds. The highest BCUT2D eigenvalue weighted by Gasteiger charge is 2.32. The minimum Gasteiger partial charge on any atom is -0.378 e. The summed E-state index contributed by atoms with van der Waals surface area (Å²) < 4.78 is 5.37. The molecule has 2 heterocycles. The van der Waals surface area contributed by atoms with Crippen LogP contribution in [0.2, 0.25) is 0 Å². The summed E-state index contributed by atoms with van der Waals surface area (Å²) in [5, 5.41) is 6.38. The van der Waals surface area contributed by atoms with Gasteiger partial charge in [0.1, 0.15) is 0 Å². The summed E-state index contributed by atoms with van der Waals surface area (Å²) in [7, 11) is 0. The molecule has 0 radical (unpaired) electrons. The number of halogens is 1. The van der Waals surface area contributed by atoms with Gasteiger partial charge in [0.15, 0.2) is 0 Å². The molecule has 3 aliphatic rings. The van der Waals surface area contributed by atoms with Crippen molar-refractivity contribution in [2.75, 3.05) is 32.8 Å². The van der Waals surface area contributed by atoms with Crippen LogP contribution in [0.5, 0.6) is 0 Å². The standard InChI is InChI=1S/C17H29N3O3.ClH/c21-16(10-15-12-23-9-7-18-15)19-14-6-8-20(11-14)17(22)13-4-2-1-3-5-13;/h13-15,18H,1-12H2,(H,19,21);1H. The van der Waals surface area contributed by atoms with Crippen molar-refractivity contribution in [2.45, 2.75) is 57.0 Å². The molecule has 0 bridgehead atoms. The Kier molecular flexibility index (Phi) is 7.78. The van der Waals surface area contributed by atoms with Crippen LogP contribution in [0.4, 0.5) is 0 Å². The Balaban J connectivity index is 0.00000208. The van der Waals surface area contributed by atoms with E-state index in [1.807, 2.05) is 4.90 Å². The second kappa shape index (κ2) is 9.59. The first-order valence-electron chi connectivity index (χ1n) is 9.11. The van der Waals surface area contributed by atoms with E-state index in [-0.39, 0.29) is 36.3 Å². The largest absolute Gasteiger partial charge is 0.378 e. The number of likely N-dealkylation sites (tertiary alicyclic amines) is 1. The van der Waals surface area contributed by atoms with E-state index < -0.39 is 0 Å². The lowest BCUT2D eigenvalue weighted by Crippen LogP contribution is -2.46. The Morgan fingerprint density at radius 2 is 1.96 bits per heavy atom. The third kappa shape index (κ3) is 5.33. The number of nitrogens with zero attached hydrogens (tertiary/aromatic N) is 1. The summed E-state index contributed by atoms with van der Waals surface area (Å²) >= 11 is 0. The fraction of sp³-hybridized carbons (Fsp3) is 0.882. The molecule has 24 heavy (non-hydrogen) atoms. The van der Waals surface area contributed by atoms with Gasteiger partial charge in [0.2, 0.25) is 11.8 Å². The van der Waals surface area contributed by atoms with E-state index in [1.54, 1.807) is 0 Å². The highest BCUT2D eigenvalue weighted by Crippen LogP contribution is 2.26. The molecule has 0 aromatic heterocycles. The molecule has 138 valence electrons. The third-order valence-corrected chi connectivity index (χ3v) is 5.25. The van der Waals surface area contributed by atoms with Crippen molar-refractivity contribution in [3.63, 3.8) is 0 Å². The van der Waals surface area contributed by atoms with Crippen LogP contribution in [0.25, 0.3) is 0 Å². The van der Waals surface area contributed by atoms with Crippen molar-refractivity contribution in [3.8, 4) is 0 Å². The SMILES string of the molecule is Cl.O=C(CC1COCCN1)NC1CCN(C(=O)C2CCCCC2)C1. The Morgan fingerprint density at radius 3 is 2.67 bits per heavy atom. The van der Waals surface area contributed by atoms with Gasteiger partial charge < -0.3 is 20.3 Å². The lowest BCUT2D eigenvalue weighted by atomic mass is 9.88. The van der Waals surface area contributed by atoms with Gasteiger partial charge in [0.05, 0.1) is 13.2 Å². The normalized spacial score (nSPS) is 28.2. The predicted molar refractivity (Wildman–Crippen MR) is 94.2 cm³/mol. The Hall–Kier alpha value is -0.850. The van der Waals surface area contributed by atoms with Crippen molar-refractivity contribution in [3.05, 3.63) is 0 Å². The summed E-state index contributed by atoms with van der Waals surface area (Å²) in [5.74, 6) is 0.593. The van der Waals surface area contributed by atoms with Crippen LogP contribution >= 0.6 is 12.4 Å². The number of carbonyl (C=O) groups excluding carboxylic acids is 2. The van der Waals surface area contributed by atoms with Crippen molar-refractivity contribution in [1.29, 1.82) is 0 Å². The number of morpholine rings is 1. The van der Waals surface area contributed by atoms with Gasteiger partial charge in [-0.25, -0.2) is 0 Å². The summed E-state index contributed by atoms with van der Waals surface area (Å²) in [6, 6.07) is 0.227. The molecule has 2 unspecified atom stereocenters. The zero-order valence-corrected chi connectivity index (χ0v) is 15.1. The number of carbonyl (C=O) groups is 2. The number of amides is 2. The number of hydrogen-bond donors (Lipinski definition) is 2. The predicted octanol–water partition coefficient (Wildman–Crippen LogP) is 1.08. The highest BCUT2D eigenvalue weighted by molar-refractivity contribution is 5.85. The second-order valence-electron chi connectivity index (χ2n) is 7.10. The van der Waals surface area contributed by atoms with Gasteiger partial charge in [-0.3, -0.25) is 9.59 Å². The summed E-state index contributed by atoms with van der Waals surface area (Å²) in [4.78, 5) is 26.6. The minimum absolute atomic E-state index is 0. The molecular formula is C17H30ClN3O3. The first-order valence-corrected chi connectivity index (χ1v) is 9.11. The van der Waals surface area contributed by atoms with Crippen LogP contribution in [0, 0.1) is 5.92 Å². The van der Waals surface area contributed by atoms with Gasteiger partial charge in [0.25, 0.3) is 0 Å². The Morgan fingerprint density at radius 1 is 1.17 bits per heavy atom. The maximum Gasteiger partial charge on any atom is 0.225 e. The van der Waals surface area contributed by atoms with Gasteiger partial charge in [-0.05, 0) is 19.3 Å². The molecule has 2 saturated heterocycles. The third-order valence-electron chi connectivity index (χ3n) is 5.25. The topological polar surface area (TPSA) is 70.7 Å². The summed E-state index contributed by atoms with van der Waals surface area (Å²) in [6.45, 7) is 3.59. The average Bonchev–Trinajstić information content (AvgIpc) is 3.04. The maximum absolute atomic E-state index is 12.5. The quantitative estimate of drug-likeness (QED) is 0.788. The fourth-order valence-corrected chi connectivity index (χ4v) is 3.95. The van der Waals surface area contributed by atoms with Gasteiger partial charge in [-0.1, -0.05) is 19.3 Å². The lowest BCUT2D eigenvalue weighted by Gasteiger charge is -2.26. The van der Waals surface area contributed by atoms with Crippen molar-refractivity contribution < 1.29 is 14.3 Å². The van der Waals surface area contributed by atoms with E-state index in [9.17, 15) is 9.59 Å². The van der Waals surface area contributed by atoms with Crippen molar-refractivity contribution in [2.24, 2.45) is 5.92 Å². The molecule has 0 spiro atoms. The summed E-state index contributed by atoms with van der Waals surface area (Å²) in [6.07, 6.45) is 7.04. The number of hydrogen-bond acceptors (Lipinski definition) is 4. The summed E-state index contributed by atoms with van der Waals surface area (Å²) in [5.41, 5.74) is 0. The maximum atomic E-state index is 12.5. The lowest BCUT2D eigenvalue weighted by molar-refractivity contribution is -0.135. The molecule has 2 aliphatic heterocycles. The highest BCUT2D eigenvalue weighted by atomic mass is 35.5. The first-order chi connectivity index (χ1) is 11.2. The van der Waals surface area contributed by atoms with Crippen LogP contribution in [-0.2, 0) is 14.3 Å². The van der Waals surface area contributed by atoms with Crippen molar-refractivity contribution in [1.82, 2.24) is 15.5 Å². The van der Waals surface area contributed by atoms with Gasteiger partial charge in [0, 0.05) is 44.1 Å². The van der Waals surface area contributed by atoms with Crippen LogP contribution in [-0.4, -0.2) is 61.6 Å². The molecule has 0 aromatic carbocycles. The zero-order chi connectivity index (χ0) is 16.1. The molecular weight excluding hydrogens is 330 g/mol. The van der Waals surface area contributed by atoms with E-state index in [4.69, 9.17) is 4.74 Å². The molecule has 1 aliphatic carbocycles. The van der Waals surface area contributed by atoms with E-state index >= 15 is 0 Å². The van der Waals surface area contributed by atoms with Crippen molar-refractivity contribution >= 4 is 24.2 Å². The molecule has 0 aromatic rings. The first kappa shape index (κ1) is 19.5. The number of ether oxygens (including phenoxy) is 1. The molecule has 7 heteroatoms. The monoisotopic (exact) mass is 359 g/mol.